The first kappa shape index (κ1) is 19.1. The number of amides is 2. The summed E-state index contributed by atoms with van der Waals surface area (Å²) in [6.07, 6.45) is -1.53. The van der Waals surface area contributed by atoms with Crippen LogP contribution >= 0.6 is 0 Å². The molecule has 1 heterocycles. The van der Waals surface area contributed by atoms with Crippen molar-refractivity contribution in [1.29, 1.82) is 0 Å². The van der Waals surface area contributed by atoms with Crippen molar-refractivity contribution in [3.63, 3.8) is 0 Å². The van der Waals surface area contributed by atoms with Gasteiger partial charge in [0.25, 0.3) is 0 Å². The van der Waals surface area contributed by atoms with E-state index in [9.17, 15) is 22.8 Å². The van der Waals surface area contributed by atoms with E-state index in [0.717, 1.165) is 19.3 Å². The van der Waals surface area contributed by atoms with Crippen LogP contribution in [0.25, 0.3) is 0 Å². The summed E-state index contributed by atoms with van der Waals surface area (Å²) in [6, 6.07) is 5.36. The van der Waals surface area contributed by atoms with Crippen molar-refractivity contribution in [3.8, 4) is 5.75 Å². The molecule has 0 unspecified atom stereocenters. The zero-order valence-corrected chi connectivity index (χ0v) is 14.0. The van der Waals surface area contributed by atoms with Crippen LogP contribution in [-0.4, -0.2) is 48.1 Å². The molecule has 0 bridgehead atoms. The quantitative estimate of drug-likeness (QED) is 0.813. The number of rotatable bonds is 5. The smallest absolute Gasteiger partial charge is 0.406 e. The number of halogens is 3. The highest BCUT2D eigenvalue weighted by Crippen LogP contribution is 2.23. The van der Waals surface area contributed by atoms with Crippen molar-refractivity contribution in [2.45, 2.75) is 38.6 Å². The van der Waals surface area contributed by atoms with Gasteiger partial charge in [0.2, 0.25) is 11.8 Å². The molecule has 2 rings (SSSR count). The highest BCUT2D eigenvalue weighted by atomic mass is 19.4. The molecule has 25 heavy (non-hydrogen) atoms. The van der Waals surface area contributed by atoms with Gasteiger partial charge in [-0.15, -0.1) is 13.2 Å². The second-order valence-corrected chi connectivity index (χ2v) is 6.07. The van der Waals surface area contributed by atoms with Crippen molar-refractivity contribution in [2.75, 3.05) is 20.1 Å². The molecule has 5 nitrogen and oxygen atoms in total. The minimum absolute atomic E-state index is 0.00657. The predicted molar refractivity (Wildman–Crippen MR) is 84.6 cm³/mol. The number of hydrogen-bond acceptors (Lipinski definition) is 3. The van der Waals surface area contributed by atoms with E-state index in [1.54, 1.807) is 11.9 Å². The number of likely N-dealkylation sites (N-methyl/N-ethyl adjacent to an activating group) is 1. The summed E-state index contributed by atoms with van der Waals surface area (Å²) < 4.78 is 40.2. The highest BCUT2D eigenvalue weighted by Gasteiger charge is 2.31. The number of benzene rings is 1. The Morgan fingerprint density at radius 1 is 1.20 bits per heavy atom. The van der Waals surface area contributed by atoms with Gasteiger partial charge in [0.1, 0.15) is 5.75 Å². The van der Waals surface area contributed by atoms with E-state index < -0.39 is 6.36 Å². The normalized spacial score (nSPS) is 15.7. The maximum atomic E-state index is 12.3. The van der Waals surface area contributed by atoms with Gasteiger partial charge >= 0.3 is 6.36 Å². The first-order chi connectivity index (χ1) is 11.7. The van der Waals surface area contributed by atoms with Crippen LogP contribution in [0, 0.1) is 0 Å². The number of ether oxygens (including phenoxy) is 1. The topological polar surface area (TPSA) is 49.9 Å². The minimum atomic E-state index is -4.73. The molecular formula is C17H21F3N2O3. The maximum Gasteiger partial charge on any atom is 0.573 e. The van der Waals surface area contributed by atoms with Gasteiger partial charge in [0, 0.05) is 26.6 Å². The number of carbonyl (C=O) groups excluding carboxylic acids is 2. The third-order valence-corrected chi connectivity index (χ3v) is 4.00. The minimum Gasteiger partial charge on any atom is -0.406 e. The Morgan fingerprint density at radius 3 is 2.52 bits per heavy atom. The molecule has 0 saturated carbocycles. The summed E-state index contributed by atoms with van der Waals surface area (Å²) >= 11 is 0. The molecule has 0 N–H and O–H groups in total. The molecule has 1 aliphatic rings. The lowest BCUT2D eigenvalue weighted by molar-refractivity contribution is -0.274. The second kappa shape index (κ2) is 8.22. The molecule has 8 heteroatoms. The summed E-state index contributed by atoms with van der Waals surface area (Å²) in [5, 5.41) is 0. The summed E-state index contributed by atoms with van der Waals surface area (Å²) in [7, 11) is 1.60. The Kier molecular flexibility index (Phi) is 6.27. The Hall–Kier alpha value is -2.25. The van der Waals surface area contributed by atoms with E-state index in [-0.39, 0.29) is 30.7 Å². The van der Waals surface area contributed by atoms with Crippen molar-refractivity contribution in [2.24, 2.45) is 0 Å². The number of carbonyl (C=O) groups is 2. The Bertz CT molecular complexity index is 602. The molecule has 0 radical (unpaired) electrons. The van der Waals surface area contributed by atoms with Crippen LogP contribution in [0.5, 0.6) is 5.75 Å². The van der Waals surface area contributed by atoms with Gasteiger partial charge in [-0.3, -0.25) is 9.59 Å². The average molecular weight is 358 g/mol. The molecule has 0 aliphatic carbocycles. The van der Waals surface area contributed by atoms with Crippen LogP contribution in [-0.2, 0) is 16.1 Å². The SMILES string of the molecule is CN(Cc1ccc(OC(F)(F)F)cc1)C(=O)CN1CCCCCC1=O. The molecule has 0 atom stereocenters. The molecule has 0 spiro atoms. The molecule has 1 aromatic rings. The van der Waals surface area contributed by atoms with E-state index in [1.165, 1.54) is 29.2 Å². The molecular weight excluding hydrogens is 337 g/mol. The van der Waals surface area contributed by atoms with Gasteiger partial charge in [0.05, 0.1) is 6.54 Å². The average Bonchev–Trinajstić information content (AvgIpc) is 2.72. The lowest BCUT2D eigenvalue weighted by atomic mass is 10.2. The molecule has 2 amide bonds. The van der Waals surface area contributed by atoms with Gasteiger partial charge in [-0.25, -0.2) is 0 Å². The van der Waals surface area contributed by atoms with Crippen LogP contribution in [0.1, 0.15) is 31.2 Å². The lowest BCUT2D eigenvalue weighted by Crippen LogP contribution is -2.41. The van der Waals surface area contributed by atoms with Crippen LogP contribution in [0.3, 0.4) is 0 Å². The summed E-state index contributed by atoms with van der Waals surface area (Å²) in [6.45, 7) is 0.861. The Morgan fingerprint density at radius 2 is 1.88 bits per heavy atom. The molecule has 1 saturated heterocycles. The van der Waals surface area contributed by atoms with Crippen molar-refractivity contribution >= 4 is 11.8 Å². The maximum absolute atomic E-state index is 12.3. The van der Waals surface area contributed by atoms with E-state index in [0.29, 0.717) is 18.5 Å². The van der Waals surface area contributed by atoms with Crippen LogP contribution in [0.2, 0.25) is 0 Å². The molecule has 1 fully saturated rings. The number of likely N-dealkylation sites (tertiary alicyclic amines) is 1. The predicted octanol–water partition coefficient (Wildman–Crippen LogP) is 2.95. The Labute approximate surface area is 144 Å². The third-order valence-electron chi connectivity index (χ3n) is 4.00. The zero-order valence-electron chi connectivity index (χ0n) is 14.0. The first-order valence-electron chi connectivity index (χ1n) is 8.11. The second-order valence-electron chi connectivity index (χ2n) is 6.07. The largest absolute Gasteiger partial charge is 0.573 e. The van der Waals surface area contributed by atoms with E-state index >= 15 is 0 Å². The fourth-order valence-corrected chi connectivity index (χ4v) is 2.65. The molecule has 1 aromatic carbocycles. The van der Waals surface area contributed by atoms with E-state index in [4.69, 9.17) is 0 Å². The number of hydrogen-bond donors (Lipinski definition) is 0. The van der Waals surface area contributed by atoms with Crippen LogP contribution < -0.4 is 4.74 Å². The van der Waals surface area contributed by atoms with Crippen molar-refractivity contribution in [3.05, 3.63) is 29.8 Å². The third kappa shape index (κ3) is 6.28. The zero-order chi connectivity index (χ0) is 18.4. The highest BCUT2D eigenvalue weighted by molar-refractivity contribution is 5.84. The summed E-state index contributed by atoms with van der Waals surface area (Å²) in [5.74, 6) is -0.515. The fourth-order valence-electron chi connectivity index (χ4n) is 2.65. The molecule has 1 aliphatic heterocycles. The van der Waals surface area contributed by atoms with Crippen LogP contribution in [0.15, 0.2) is 24.3 Å². The van der Waals surface area contributed by atoms with Crippen molar-refractivity contribution in [1.82, 2.24) is 9.80 Å². The monoisotopic (exact) mass is 358 g/mol. The standard InChI is InChI=1S/C17H21F3N2O3/c1-21(16(24)12-22-10-4-2-3-5-15(22)23)11-13-6-8-14(9-7-13)25-17(18,19)20/h6-9H,2-5,10-12H2,1H3. The fraction of sp³-hybridized carbons (Fsp3) is 0.529. The molecule has 0 aromatic heterocycles. The van der Waals surface area contributed by atoms with Crippen molar-refractivity contribution < 1.29 is 27.5 Å². The van der Waals surface area contributed by atoms with Gasteiger partial charge in [0.15, 0.2) is 0 Å². The summed E-state index contributed by atoms with van der Waals surface area (Å²) in [4.78, 5) is 27.2. The number of nitrogens with zero attached hydrogens (tertiary/aromatic N) is 2. The van der Waals surface area contributed by atoms with Gasteiger partial charge < -0.3 is 14.5 Å². The van der Waals surface area contributed by atoms with Gasteiger partial charge in [-0.2, -0.15) is 0 Å². The first-order valence-corrected chi connectivity index (χ1v) is 8.11. The van der Waals surface area contributed by atoms with E-state index in [2.05, 4.69) is 4.74 Å². The molecule has 138 valence electrons. The lowest BCUT2D eigenvalue weighted by Gasteiger charge is -2.24. The van der Waals surface area contributed by atoms with Crippen LogP contribution in [0.4, 0.5) is 13.2 Å². The van der Waals surface area contributed by atoms with E-state index in [1.807, 2.05) is 0 Å². The Balaban J connectivity index is 1.88. The van der Waals surface area contributed by atoms with Gasteiger partial charge in [-0.1, -0.05) is 18.6 Å². The number of alkyl halides is 3. The summed E-state index contributed by atoms with van der Waals surface area (Å²) in [5.41, 5.74) is 0.674. The van der Waals surface area contributed by atoms with Gasteiger partial charge in [-0.05, 0) is 30.5 Å².